The summed E-state index contributed by atoms with van der Waals surface area (Å²) < 4.78 is 33.6. The Morgan fingerprint density at radius 3 is 2.53 bits per heavy atom. The number of carbonyl (C=O) groups is 1. The molecular weight excluding hydrogens is 448 g/mol. The molecule has 1 saturated heterocycles. The number of amides is 1. The van der Waals surface area contributed by atoms with Gasteiger partial charge in [0, 0.05) is 24.7 Å². The summed E-state index contributed by atoms with van der Waals surface area (Å²) in [6.45, 7) is 2.74. The summed E-state index contributed by atoms with van der Waals surface area (Å²) in [6, 6.07) is 21.9. The van der Waals surface area contributed by atoms with E-state index in [9.17, 15) is 13.2 Å². The Morgan fingerprint density at radius 2 is 1.76 bits per heavy atom. The van der Waals surface area contributed by atoms with Gasteiger partial charge in [-0.25, -0.2) is 8.42 Å². The van der Waals surface area contributed by atoms with Gasteiger partial charge in [-0.1, -0.05) is 48.0 Å². The van der Waals surface area contributed by atoms with Crippen LogP contribution in [0.2, 0.25) is 0 Å². The van der Waals surface area contributed by atoms with E-state index < -0.39 is 16.1 Å². The third-order valence-electron chi connectivity index (χ3n) is 6.85. The van der Waals surface area contributed by atoms with E-state index in [4.69, 9.17) is 4.74 Å². The summed E-state index contributed by atoms with van der Waals surface area (Å²) in [6.07, 6.45) is 1.18. The summed E-state index contributed by atoms with van der Waals surface area (Å²) >= 11 is 0. The SMILES string of the molecule is COc1cccc(C2CN(C(=O)[C@@H]3CCCN3S(=O)(=O)c3ccc(C)cc3)c3ccccc32)c1. The predicted octanol–water partition coefficient (Wildman–Crippen LogP) is 4.34. The number of hydrogen-bond acceptors (Lipinski definition) is 4. The number of hydrogen-bond donors (Lipinski definition) is 0. The number of methoxy groups -OCH3 is 1. The number of anilines is 1. The topological polar surface area (TPSA) is 66.9 Å². The lowest BCUT2D eigenvalue weighted by Crippen LogP contribution is -2.47. The third kappa shape index (κ3) is 3.89. The molecule has 3 aromatic rings. The average Bonchev–Trinajstić information content (AvgIpc) is 3.50. The zero-order valence-corrected chi connectivity index (χ0v) is 20.2. The highest BCUT2D eigenvalue weighted by atomic mass is 32.2. The lowest BCUT2D eigenvalue weighted by Gasteiger charge is -2.28. The van der Waals surface area contributed by atoms with Gasteiger partial charge in [0.1, 0.15) is 11.8 Å². The van der Waals surface area contributed by atoms with Gasteiger partial charge in [0.2, 0.25) is 15.9 Å². The zero-order chi connectivity index (χ0) is 23.9. The summed E-state index contributed by atoms with van der Waals surface area (Å²) in [4.78, 5) is 15.8. The Hall–Kier alpha value is -3.16. The second kappa shape index (κ2) is 8.89. The number of aryl methyl sites for hydroxylation is 1. The van der Waals surface area contributed by atoms with Crippen molar-refractivity contribution in [3.05, 3.63) is 89.5 Å². The fourth-order valence-corrected chi connectivity index (χ4v) is 6.71. The van der Waals surface area contributed by atoms with E-state index in [0.717, 1.165) is 28.1 Å². The molecule has 2 aliphatic rings. The molecule has 6 nitrogen and oxygen atoms in total. The molecule has 2 atom stereocenters. The molecule has 34 heavy (non-hydrogen) atoms. The van der Waals surface area contributed by atoms with Gasteiger partial charge < -0.3 is 9.64 Å². The number of nitrogens with zero attached hydrogens (tertiary/aromatic N) is 2. The summed E-state index contributed by atoms with van der Waals surface area (Å²) in [5.41, 5.74) is 3.97. The van der Waals surface area contributed by atoms with E-state index in [1.54, 1.807) is 36.3 Å². The predicted molar refractivity (Wildman–Crippen MR) is 132 cm³/mol. The maximum Gasteiger partial charge on any atom is 0.245 e. The fourth-order valence-electron chi connectivity index (χ4n) is 5.06. The molecule has 0 radical (unpaired) electrons. The van der Waals surface area contributed by atoms with E-state index in [-0.39, 0.29) is 16.7 Å². The van der Waals surface area contributed by atoms with E-state index >= 15 is 0 Å². The third-order valence-corrected chi connectivity index (χ3v) is 8.77. The van der Waals surface area contributed by atoms with Gasteiger partial charge in [-0.15, -0.1) is 0 Å². The average molecular weight is 477 g/mol. The molecule has 1 fully saturated rings. The van der Waals surface area contributed by atoms with Crippen LogP contribution in [-0.2, 0) is 14.8 Å². The molecule has 7 heteroatoms. The number of fused-ring (bicyclic) bond motifs is 1. The maximum absolute atomic E-state index is 13.8. The van der Waals surface area contributed by atoms with Crippen molar-refractivity contribution < 1.29 is 17.9 Å². The molecule has 5 rings (SSSR count). The molecule has 176 valence electrons. The maximum atomic E-state index is 13.8. The molecular formula is C27H28N2O4S. The lowest BCUT2D eigenvalue weighted by atomic mass is 9.93. The van der Waals surface area contributed by atoms with Crippen LogP contribution in [-0.4, -0.2) is 44.9 Å². The molecule has 1 amide bonds. The Labute approximate surface area is 200 Å². The Bertz CT molecular complexity index is 1320. The number of para-hydroxylation sites is 1. The molecule has 2 aliphatic heterocycles. The van der Waals surface area contributed by atoms with Crippen molar-refractivity contribution in [2.45, 2.75) is 36.6 Å². The van der Waals surface area contributed by atoms with Crippen molar-refractivity contribution in [1.82, 2.24) is 4.31 Å². The normalized spacial score (nSPS) is 20.4. The van der Waals surface area contributed by atoms with Crippen LogP contribution in [0.15, 0.2) is 77.7 Å². The van der Waals surface area contributed by atoms with Gasteiger partial charge in [-0.3, -0.25) is 4.79 Å². The second-order valence-electron chi connectivity index (χ2n) is 8.92. The van der Waals surface area contributed by atoms with Crippen LogP contribution in [0.1, 0.15) is 35.4 Å². The Kier molecular flexibility index (Phi) is 5.91. The van der Waals surface area contributed by atoms with E-state index in [1.165, 1.54) is 4.31 Å². The van der Waals surface area contributed by atoms with E-state index in [2.05, 4.69) is 0 Å². The summed E-state index contributed by atoms with van der Waals surface area (Å²) in [7, 11) is -2.12. The van der Waals surface area contributed by atoms with Crippen molar-refractivity contribution in [1.29, 1.82) is 0 Å². The van der Waals surface area contributed by atoms with Crippen molar-refractivity contribution in [3.8, 4) is 5.75 Å². The van der Waals surface area contributed by atoms with Crippen LogP contribution in [0.4, 0.5) is 5.69 Å². The standard InChI is InChI=1S/C27H28N2O4S/c1-19-12-14-22(15-13-19)34(31,32)29-16-6-11-26(29)27(30)28-18-24(23-9-3-4-10-25(23)28)20-7-5-8-21(17-20)33-2/h3-5,7-10,12-15,17,24,26H,6,11,16,18H2,1-2H3/t24?,26-/m0/s1. The highest BCUT2D eigenvalue weighted by Gasteiger charge is 2.44. The minimum absolute atomic E-state index is 0.00110. The van der Waals surface area contributed by atoms with Crippen LogP contribution in [0.3, 0.4) is 0 Å². The molecule has 0 aromatic heterocycles. The minimum atomic E-state index is -3.76. The van der Waals surface area contributed by atoms with Crippen molar-refractivity contribution >= 4 is 21.6 Å². The second-order valence-corrected chi connectivity index (χ2v) is 10.8. The first-order chi connectivity index (χ1) is 16.4. The monoisotopic (exact) mass is 476 g/mol. The molecule has 0 spiro atoms. The Balaban J connectivity index is 1.46. The molecule has 0 aliphatic carbocycles. The van der Waals surface area contributed by atoms with Gasteiger partial charge in [-0.2, -0.15) is 4.31 Å². The van der Waals surface area contributed by atoms with Crippen molar-refractivity contribution in [2.24, 2.45) is 0 Å². The highest BCUT2D eigenvalue weighted by molar-refractivity contribution is 7.89. The number of carbonyl (C=O) groups excluding carboxylic acids is 1. The smallest absolute Gasteiger partial charge is 0.245 e. The van der Waals surface area contributed by atoms with Crippen LogP contribution in [0, 0.1) is 6.92 Å². The highest BCUT2D eigenvalue weighted by Crippen LogP contribution is 2.42. The van der Waals surface area contributed by atoms with E-state index in [1.807, 2.05) is 55.5 Å². The van der Waals surface area contributed by atoms with Crippen LogP contribution in [0.5, 0.6) is 5.75 Å². The van der Waals surface area contributed by atoms with Crippen molar-refractivity contribution in [2.75, 3.05) is 25.1 Å². The minimum Gasteiger partial charge on any atom is -0.497 e. The zero-order valence-electron chi connectivity index (χ0n) is 19.3. The molecule has 0 saturated carbocycles. The van der Waals surface area contributed by atoms with Gasteiger partial charge in [0.15, 0.2) is 0 Å². The van der Waals surface area contributed by atoms with Crippen LogP contribution < -0.4 is 9.64 Å². The van der Waals surface area contributed by atoms with Gasteiger partial charge in [-0.05, 0) is 61.2 Å². The first-order valence-corrected chi connectivity index (χ1v) is 13.0. The van der Waals surface area contributed by atoms with E-state index in [0.29, 0.717) is 25.9 Å². The summed E-state index contributed by atoms with van der Waals surface area (Å²) in [5, 5.41) is 0. The quantitative estimate of drug-likeness (QED) is 0.550. The van der Waals surface area contributed by atoms with Gasteiger partial charge in [0.05, 0.1) is 12.0 Å². The van der Waals surface area contributed by atoms with Gasteiger partial charge >= 0.3 is 0 Å². The number of sulfonamides is 1. The molecule has 0 N–H and O–H groups in total. The summed E-state index contributed by atoms with van der Waals surface area (Å²) in [5.74, 6) is 0.607. The van der Waals surface area contributed by atoms with Crippen LogP contribution in [0.25, 0.3) is 0 Å². The number of ether oxygens (including phenoxy) is 1. The first-order valence-electron chi connectivity index (χ1n) is 11.5. The first kappa shape index (κ1) is 22.6. The fraction of sp³-hybridized carbons (Fsp3) is 0.296. The van der Waals surface area contributed by atoms with Gasteiger partial charge in [0.25, 0.3) is 0 Å². The number of rotatable bonds is 5. The van der Waals surface area contributed by atoms with Crippen LogP contribution >= 0.6 is 0 Å². The lowest BCUT2D eigenvalue weighted by molar-refractivity contribution is -0.121. The Morgan fingerprint density at radius 1 is 1.00 bits per heavy atom. The molecule has 0 bridgehead atoms. The molecule has 3 aromatic carbocycles. The number of benzene rings is 3. The molecule has 1 unspecified atom stereocenters. The van der Waals surface area contributed by atoms with Crippen molar-refractivity contribution in [3.63, 3.8) is 0 Å². The molecule has 2 heterocycles. The largest absolute Gasteiger partial charge is 0.497 e.